The zero-order chi connectivity index (χ0) is 7.40. The highest BCUT2D eigenvalue weighted by atomic mass is 15.2. The number of terminal acetylenes is 1. The highest BCUT2D eigenvalue weighted by molar-refractivity contribution is 4.92. The van der Waals surface area contributed by atoms with Crippen LogP contribution in [0.2, 0.25) is 0 Å². The van der Waals surface area contributed by atoms with Gasteiger partial charge in [0.05, 0.1) is 6.54 Å². The summed E-state index contributed by atoms with van der Waals surface area (Å²) in [5.41, 5.74) is 5.54. The Labute approximate surface area is 62.4 Å². The maximum atomic E-state index is 5.54. The van der Waals surface area contributed by atoms with Crippen molar-refractivity contribution < 1.29 is 0 Å². The van der Waals surface area contributed by atoms with E-state index in [1.165, 1.54) is 12.8 Å². The zero-order valence-corrected chi connectivity index (χ0v) is 6.21. The minimum Gasteiger partial charge on any atom is -0.329 e. The standard InChI is InChI=1S/C8H14N2/c1-2-5-10-6-3-4-8(10)7-9/h1,8H,3-7,9H2/t8-/m0/s1. The molecule has 0 aromatic heterocycles. The average molecular weight is 138 g/mol. The molecular weight excluding hydrogens is 124 g/mol. The fourth-order valence-corrected chi connectivity index (χ4v) is 1.49. The molecule has 1 aliphatic rings. The molecule has 2 heteroatoms. The van der Waals surface area contributed by atoms with Crippen molar-refractivity contribution in [1.29, 1.82) is 0 Å². The molecule has 0 radical (unpaired) electrons. The van der Waals surface area contributed by atoms with Gasteiger partial charge in [-0.25, -0.2) is 0 Å². The third kappa shape index (κ3) is 1.50. The highest BCUT2D eigenvalue weighted by Gasteiger charge is 2.21. The first-order valence-corrected chi connectivity index (χ1v) is 3.76. The molecule has 0 aromatic rings. The minimum atomic E-state index is 0.552. The molecule has 1 heterocycles. The van der Waals surface area contributed by atoms with E-state index in [2.05, 4.69) is 10.8 Å². The predicted octanol–water partition coefficient (Wildman–Crippen LogP) is 0.0427. The fourth-order valence-electron chi connectivity index (χ4n) is 1.49. The molecule has 0 bridgehead atoms. The summed E-state index contributed by atoms with van der Waals surface area (Å²) in [6, 6.07) is 0.552. The van der Waals surface area contributed by atoms with Gasteiger partial charge in [-0.3, -0.25) is 4.90 Å². The normalized spacial score (nSPS) is 26.6. The Morgan fingerprint density at radius 2 is 2.50 bits per heavy atom. The van der Waals surface area contributed by atoms with Crippen LogP contribution in [0.3, 0.4) is 0 Å². The second kappa shape index (κ2) is 3.60. The van der Waals surface area contributed by atoms with Crippen LogP contribution >= 0.6 is 0 Å². The minimum absolute atomic E-state index is 0.552. The highest BCUT2D eigenvalue weighted by Crippen LogP contribution is 2.14. The number of nitrogens with two attached hydrogens (primary N) is 1. The molecule has 0 spiro atoms. The molecule has 1 rings (SSSR count). The number of nitrogens with zero attached hydrogens (tertiary/aromatic N) is 1. The molecule has 1 saturated heterocycles. The van der Waals surface area contributed by atoms with Crippen LogP contribution < -0.4 is 5.73 Å². The van der Waals surface area contributed by atoms with Crippen LogP contribution in [0.15, 0.2) is 0 Å². The summed E-state index contributed by atoms with van der Waals surface area (Å²) in [4.78, 5) is 2.28. The molecule has 0 aliphatic carbocycles. The number of hydrogen-bond donors (Lipinski definition) is 1. The van der Waals surface area contributed by atoms with E-state index in [0.717, 1.165) is 19.6 Å². The van der Waals surface area contributed by atoms with Gasteiger partial charge in [0.2, 0.25) is 0 Å². The van der Waals surface area contributed by atoms with Crippen LogP contribution in [0, 0.1) is 12.3 Å². The van der Waals surface area contributed by atoms with Crippen LogP contribution in [0.25, 0.3) is 0 Å². The topological polar surface area (TPSA) is 29.3 Å². The summed E-state index contributed by atoms with van der Waals surface area (Å²) in [6.45, 7) is 2.65. The van der Waals surface area contributed by atoms with Crippen molar-refractivity contribution in [2.45, 2.75) is 18.9 Å². The first-order valence-electron chi connectivity index (χ1n) is 3.76. The largest absolute Gasteiger partial charge is 0.329 e. The van der Waals surface area contributed by atoms with E-state index in [1.807, 2.05) is 0 Å². The first kappa shape index (κ1) is 7.59. The molecule has 2 N–H and O–H groups in total. The van der Waals surface area contributed by atoms with E-state index in [-0.39, 0.29) is 0 Å². The molecule has 0 aromatic carbocycles. The van der Waals surface area contributed by atoms with Crippen molar-refractivity contribution in [2.24, 2.45) is 5.73 Å². The van der Waals surface area contributed by atoms with Crippen molar-refractivity contribution in [3.63, 3.8) is 0 Å². The monoisotopic (exact) mass is 138 g/mol. The smallest absolute Gasteiger partial charge is 0.0601 e. The Kier molecular flexibility index (Phi) is 2.73. The van der Waals surface area contributed by atoms with Crippen LogP contribution in [-0.4, -0.2) is 30.6 Å². The van der Waals surface area contributed by atoms with Gasteiger partial charge in [-0.15, -0.1) is 6.42 Å². The molecule has 0 amide bonds. The zero-order valence-electron chi connectivity index (χ0n) is 6.21. The number of rotatable bonds is 2. The maximum Gasteiger partial charge on any atom is 0.0601 e. The third-order valence-electron chi connectivity index (χ3n) is 2.07. The molecule has 0 unspecified atom stereocenters. The third-order valence-corrected chi connectivity index (χ3v) is 2.07. The van der Waals surface area contributed by atoms with Gasteiger partial charge in [0.15, 0.2) is 0 Å². The van der Waals surface area contributed by atoms with Gasteiger partial charge >= 0.3 is 0 Å². The SMILES string of the molecule is C#CCN1CCC[C@H]1CN. The Morgan fingerprint density at radius 3 is 3.10 bits per heavy atom. The molecule has 2 nitrogen and oxygen atoms in total. The van der Waals surface area contributed by atoms with Crippen LogP contribution in [0.4, 0.5) is 0 Å². The van der Waals surface area contributed by atoms with E-state index in [1.54, 1.807) is 0 Å². The lowest BCUT2D eigenvalue weighted by Crippen LogP contribution is -2.35. The van der Waals surface area contributed by atoms with Gasteiger partial charge in [-0.05, 0) is 19.4 Å². The van der Waals surface area contributed by atoms with Crippen molar-refractivity contribution in [2.75, 3.05) is 19.6 Å². The van der Waals surface area contributed by atoms with E-state index in [0.29, 0.717) is 6.04 Å². The Balaban J connectivity index is 2.36. The number of hydrogen-bond acceptors (Lipinski definition) is 2. The summed E-state index contributed by atoms with van der Waals surface area (Å²) in [6.07, 6.45) is 7.67. The Morgan fingerprint density at radius 1 is 1.70 bits per heavy atom. The summed E-state index contributed by atoms with van der Waals surface area (Å²) in [5.74, 6) is 2.64. The van der Waals surface area contributed by atoms with E-state index < -0.39 is 0 Å². The van der Waals surface area contributed by atoms with E-state index in [4.69, 9.17) is 12.2 Å². The van der Waals surface area contributed by atoms with Crippen molar-refractivity contribution in [3.8, 4) is 12.3 Å². The van der Waals surface area contributed by atoms with Gasteiger partial charge in [-0.2, -0.15) is 0 Å². The second-order valence-corrected chi connectivity index (χ2v) is 2.71. The average Bonchev–Trinajstić information content (AvgIpc) is 2.36. The first-order chi connectivity index (χ1) is 4.88. The van der Waals surface area contributed by atoms with Gasteiger partial charge < -0.3 is 5.73 Å². The predicted molar refractivity (Wildman–Crippen MR) is 42.5 cm³/mol. The van der Waals surface area contributed by atoms with Crippen molar-refractivity contribution in [1.82, 2.24) is 4.90 Å². The maximum absolute atomic E-state index is 5.54. The van der Waals surface area contributed by atoms with Crippen LogP contribution in [-0.2, 0) is 0 Å². The molecule has 1 fully saturated rings. The fraction of sp³-hybridized carbons (Fsp3) is 0.750. The molecule has 1 atom stereocenters. The van der Waals surface area contributed by atoms with Crippen molar-refractivity contribution in [3.05, 3.63) is 0 Å². The summed E-state index contributed by atoms with van der Waals surface area (Å²) in [5, 5.41) is 0. The Bertz CT molecular complexity index is 137. The molecule has 56 valence electrons. The van der Waals surface area contributed by atoms with Crippen LogP contribution in [0.1, 0.15) is 12.8 Å². The summed E-state index contributed by atoms with van der Waals surface area (Å²) < 4.78 is 0. The lowest BCUT2D eigenvalue weighted by molar-refractivity contribution is 0.290. The van der Waals surface area contributed by atoms with E-state index >= 15 is 0 Å². The molecule has 0 saturated carbocycles. The van der Waals surface area contributed by atoms with Gasteiger partial charge in [0.1, 0.15) is 0 Å². The van der Waals surface area contributed by atoms with Crippen LogP contribution in [0.5, 0.6) is 0 Å². The lowest BCUT2D eigenvalue weighted by Gasteiger charge is -2.19. The summed E-state index contributed by atoms with van der Waals surface area (Å²) >= 11 is 0. The van der Waals surface area contributed by atoms with Gasteiger partial charge in [0.25, 0.3) is 0 Å². The number of likely N-dealkylation sites (tertiary alicyclic amines) is 1. The lowest BCUT2D eigenvalue weighted by atomic mass is 10.2. The van der Waals surface area contributed by atoms with E-state index in [9.17, 15) is 0 Å². The Hall–Kier alpha value is -0.520. The van der Waals surface area contributed by atoms with Crippen molar-refractivity contribution >= 4 is 0 Å². The molecular formula is C8H14N2. The van der Waals surface area contributed by atoms with Gasteiger partial charge in [-0.1, -0.05) is 5.92 Å². The quantitative estimate of drug-likeness (QED) is 0.546. The second-order valence-electron chi connectivity index (χ2n) is 2.71. The summed E-state index contributed by atoms with van der Waals surface area (Å²) in [7, 11) is 0. The molecule has 10 heavy (non-hydrogen) atoms. The molecule has 1 aliphatic heterocycles. The van der Waals surface area contributed by atoms with Gasteiger partial charge in [0, 0.05) is 12.6 Å².